The number of allylic oxidation sites excluding steroid dienone is 3. The molecule has 0 aromatic rings. The number of carbonyl (C=O) groups excluding carboxylic acids is 7. The van der Waals surface area contributed by atoms with Gasteiger partial charge in [-0.15, -0.1) is 0 Å². The molecule has 3 aliphatic rings. The summed E-state index contributed by atoms with van der Waals surface area (Å²) >= 11 is 0. The van der Waals surface area contributed by atoms with Gasteiger partial charge in [0.05, 0.1) is 12.7 Å². The highest BCUT2D eigenvalue weighted by Crippen LogP contribution is 2.41. The summed E-state index contributed by atoms with van der Waals surface area (Å²) in [5.74, 6) is -21.1. The van der Waals surface area contributed by atoms with Crippen molar-refractivity contribution in [2.45, 2.75) is 139 Å². The van der Waals surface area contributed by atoms with E-state index in [9.17, 15) is 113 Å². The predicted octanol–water partition coefficient (Wildman–Crippen LogP) is 5.60. The summed E-state index contributed by atoms with van der Waals surface area (Å²) in [5.41, 5.74) is -0.226. The van der Waals surface area contributed by atoms with Crippen molar-refractivity contribution in [3.63, 3.8) is 0 Å². The molecule has 2 aliphatic heterocycles. The normalized spacial score (nSPS) is 27.5. The first-order valence-electron chi connectivity index (χ1n) is 19.1. The van der Waals surface area contributed by atoms with Gasteiger partial charge in [-0.25, -0.2) is 28.8 Å². The maximum Gasteiger partial charge on any atom is 0.490 e. The summed E-state index contributed by atoms with van der Waals surface area (Å²) in [5, 5.41) is 0. The molecule has 0 aromatic carbocycles. The zero-order chi connectivity index (χ0) is 54.8. The van der Waals surface area contributed by atoms with Crippen LogP contribution < -0.4 is 0 Å². The molecule has 1 unspecified atom stereocenters. The van der Waals surface area contributed by atoms with E-state index < -0.39 is 159 Å². The molecular weight excluding hydrogens is 1050 g/mol. The number of hydrogen-bond acceptors (Lipinski definition) is 17. The minimum Gasteiger partial charge on any atom is -0.456 e. The van der Waals surface area contributed by atoms with E-state index in [2.05, 4.69) is 28.4 Å². The van der Waals surface area contributed by atoms with Crippen molar-refractivity contribution in [3.05, 3.63) is 23.3 Å². The molecule has 0 N–H and O–H groups in total. The Morgan fingerprint density at radius 1 is 0.577 bits per heavy atom. The SMILES string of the molecule is CC1=CC(=O)CC(C)(C)/C1=C/CC(C)O[C@@H]1O[C@H](CO[C@H]2O[C@H](COC(=O)C(F)(F)F)[C@@H](OC(=O)C(F)(F)F)[C@@H]2OC(=O)C(F)(F)F)[C@@H](OC(=O)C(F)(F)F)[C@H](OC(=O)C(F)(F)F)[C@H]1OC(=O)C(F)(F)F. The van der Waals surface area contributed by atoms with Gasteiger partial charge in [0.1, 0.15) is 18.8 Å². The minimum absolute atomic E-state index is 0.107. The van der Waals surface area contributed by atoms with E-state index in [1.807, 2.05) is 0 Å². The van der Waals surface area contributed by atoms with Crippen molar-refractivity contribution in [2.24, 2.45) is 5.41 Å². The first kappa shape index (κ1) is 59.9. The Balaban J connectivity index is 2.26. The summed E-state index contributed by atoms with van der Waals surface area (Å²) in [6, 6.07) is 0. The predicted molar refractivity (Wildman–Crippen MR) is 180 cm³/mol. The monoisotopic (exact) mass is 1080 g/mol. The molecule has 71 heavy (non-hydrogen) atoms. The summed E-state index contributed by atoms with van der Waals surface area (Å²) in [4.78, 5) is 83.8. The van der Waals surface area contributed by atoms with Crippen LogP contribution in [0.2, 0.25) is 0 Å². The number of alkyl halides is 18. The van der Waals surface area contributed by atoms with Crippen LogP contribution in [0.4, 0.5) is 79.0 Å². The molecule has 2 fully saturated rings. The van der Waals surface area contributed by atoms with Gasteiger partial charge < -0.3 is 47.4 Å². The molecule has 0 saturated carbocycles. The van der Waals surface area contributed by atoms with E-state index in [1.165, 1.54) is 19.1 Å². The quantitative estimate of drug-likeness (QED) is 0.118. The second-order valence-corrected chi connectivity index (χ2v) is 15.5. The number of ketones is 1. The van der Waals surface area contributed by atoms with Gasteiger partial charge in [0.15, 0.2) is 48.9 Å². The Hall–Kier alpha value is -5.45. The fraction of sp³-hybridized carbons (Fsp3) is 0.694. The molecule has 0 aromatic heterocycles. The number of rotatable bonds is 14. The average Bonchev–Trinajstić information content (AvgIpc) is 3.49. The van der Waals surface area contributed by atoms with Gasteiger partial charge in [0.2, 0.25) is 0 Å². The van der Waals surface area contributed by atoms with Crippen molar-refractivity contribution >= 4 is 41.6 Å². The first-order chi connectivity index (χ1) is 31.9. The molecule has 404 valence electrons. The summed E-state index contributed by atoms with van der Waals surface area (Å²) in [6.45, 7) is 1.34. The zero-order valence-electron chi connectivity index (χ0n) is 35.5. The molecule has 2 heterocycles. The van der Waals surface area contributed by atoms with Crippen molar-refractivity contribution < 1.29 is 160 Å². The van der Waals surface area contributed by atoms with Crippen LogP contribution in [0.15, 0.2) is 23.3 Å². The van der Waals surface area contributed by atoms with Gasteiger partial charge in [-0.1, -0.05) is 19.9 Å². The van der Waals surface area contributed by atoms with Crippen LogP contribution >= 0.6 is 0 Å². The van der Waals surface area contributed by atoms with Gasteiger partial charge in [0.25, 0.3) is 0 Å². The molecule has 0 amide bonds. The number of hydrogen-bond donors (Lipinski definition) is 0. The van der Waals surface area contributed by atoms with E-state index >= 15 is 0 Å². The van der Waals surface area contributed by atoms with E-state index in [1.54, 1.807) is 13.8 Å². The Kier molecular flexibility index (Phi) is 18.3. The molecule has 10 atom stereocenters. The lowest BCUT2D eigenvalue weighted by Crippen LogP contribution is -2.64. The highest BCUT2D eigenvalue weighted by molar-refractivity contribution is 5.93. The summed E-state index contributed by atoms with van der Waals surface area (Å²) < 4.78 is 286. The molecule has 2 saturated heterocycles. The Morgan fingerprint density at radius 3 is 1.34 bits per heavy atom. The van der Waals surface area contributed by atoms with Gasteiger partial charge in [-0.2, -0.15) is 79.0 Å². The van der Waals surface area contributed by atoms with E-state index in [0.717, 1.165) is 6.92 Å². The van der Waals surface area contributed by atoms with E-state index in [4.69, 9.17) is 18.9 Å². The highest BCUT2D eigenvalue weighted by atomic mass is 19.4. The fourth-order valence-corrected chi connectivity index (χ4v) is 6.57. The van der Waals surface area contributed by atoms with Crippen molar-refractivity contribution in [3.8, 4) is 0 Å². The zero-order valence-corrected chi connectivity index (χ0v) is 35.5. The fourth-order valence-electron chi connectivity index (χ4n) is 6.57. The number of ether oxygens (including phenoxy) is 10. The highest BCUT2D eigenvalue weighted by Gasteiger charge is 2.61. The largest absolute Gasteiger partial charge is 0.490 e. The number of esters is 6. The Morgan fingerprint density at radius 2 is 0.930 bits per heavy atom. The maximum atomic E-state index is 13.7. The van der Waals surface area contributed by atoms with Crippen LogP contribution in [0.5, 0.6) is 0 Å². The number of carbonyl (C=O) groups is 7. The van der Waals surface area contributed by atoms with Gasteiger partial charge in [0, 0.05) is 6.42 Å². The maximum absolute atomic E-state index is 13.7. The van der Waals surface area contributed by atoms with Gasteiger partial charge in [-0.3, -0.25) is 4.79 Å². The van der Waals surface area contributed by atoms with Crippen LogP contribution in [-0.4, -0.2) is 153 Å². The number of halogens is 18. The van der Waals surface area contributed by atoms with Gasteiger partial charge in [-0.05, 0) is 42.9 Å². The lowest BCUT2D eigenvalue weighted by atomic mass is 9.72. The smallest absolute Gasteiger partial charge is 0.456 e. The lowest BCUT2D eigenvalue weighted by molar-refractivity contribution is -0.332. The third-order valence-corrected chi connectivity index (χ3v) is 9.43. The van der Waals surface area contributed by atoms with Crippen molar-refractivity contribution in [1.82, 2.24) is 0 Å². The minimum atomic E-state index is -6.29. The third kappa shape index (κ3) is 16.3. The van der Waals surface area contributed by atoms with Crippen LogP contribution in [0.3, 0.4) is 0 Å². The van der Waals surface area contributed by atoms with Crippen LogP contribution in [0.1, 0.15) is 40.5 Å². The van der Waals surface area contributed by atoms with E-state index in [-0.39, 0.29) is 12.2 Å². The third-order valence-electron chi connectivity index (χ3n) is 9.43. The molecule has 35 heteroatoms. The summed E-state index contributed by atoms with van der Waals surface area (Å²) in [6.07, 6.45) is -66.5. The molecular formula is C36H32F18O17. The lowest BCUT2D eigenvalue weighted by Gasteiger charge is -2.45. The van der Waals surface area contributed by atoms with Crippen LogP contribution in [0.25, 0.3) is 0 Å². The van der Waals surface area contributed by atoms with Crippen molar-refractivity contribution in [2.75, 3.05) is 13.2 Å². The van der Waals surface area contributed by atoms with Crippen molar-refractivity contribution in [1.29, 1.82) is 0 Å². The molecule has 1 aliphatic carbocycles. The second kappa shape index (κ2) is 21.7. The molecule has 0 bridgehead atoms. The second-order valence-electron chi connectivity index (χ2n) is 15.5. The molecule has 3 rings (SSSR count). The van der Waals surface area contributed by atoms with Crippen LogP contribution in [-0.2, 0) is 80.9 Å². The molecule has 0 radical (unpaired) electrons. The molecule has 17 nitrogen and oxygen atoms in total. The Bertz CT molecular complexity index is 2070. The standard InChI is InChI=1S/C36H32F18O17/c1-11-7-13(55)8-30(3,4)14(11)6-5-12(2)64-23-21(71-29(61)36(52,53)54)19(69-27(59)34(46,47)48)17(67-25(57)32(40,41)42)15(66-23)9-62-22-20(70-28(60)35(49,50)51)18(68-26(58)33(43,44)45)16(65-22)10-63-24(56)31(37,38)39/h6-7,12,15-23H,5,8-10H2,1-4H3/b14-6+/t12?,15-,16-,17-,18-,19+,20+,21-,22+,23-/m1/s1. The molecule has 0 spiro atoms. The Labute approximate surface area is 382 Å². The van der Waals surface area contributed by atoms with E-state index in [0.29, 0.717) is 11.1 Å². The first-order valence-corrected chi connectivity index (χ1v) is 19.1. The van der Waals surface area contributed by atoms with Crippen LogP contribution in [0, 0.1) is 5.41 Å². The van der Waals surface area contributed by atoms with Gasteiger partial charge >= 0.3 is 72.9 Å². The summed E-state index contributed by atoms with van der Waals surface area (Å²) in [7, 11) is 0. The average molecular weight is 1080 g/mol. The topological polar surface area (TPSA) is 212 Å².